The molecule has 120 valence electrons. The maximum absolute atomic E-state index is 10.9. The number of carbonyl (C=O) groups is 1. The molecule has 0 spiro atoms. The number of nitrogens with one attached hydrogen (secondary N) is 1. The lowest BCUT2D eigenvalue weighted by Gasteiger charge is -2.07. The molecule has 0 saturated heterocycles. The average molecular weight is 353 g/mol. The first-order valence-electron chi connectivity index (χ1n) is 6.62. The number of hydrogen-bond acceptors (Lipinski definition) is 4. The Morgan fingerprint density at radius 3 is 2.78 bits per heavy atom. The fraction of sp³-hybridized carbons (Fsp3) is 0.125. The lowest BCUT2D eigenvalue weighted by Crippen LogP contribution is -2.16. The highest BCUT2D eigenvalue weighted by molar-refractivity contribution is 6.42. The van der Waals surface area contributed by atoms with Gasteiger partial charge in [0.1, 0.15) is 12.4 Å². The van der Waals surface area contributed by atoms with Crippen molar-refractivity contribution in [2.45, 2.75) is 6.61 Å². The van der Waals surface area contributed by atoms with E-state index in [1.165, 1.54) is 13.3 Å². The molecule has 0 bridgehead atoms. The third-order valence-electron chi connectivity index (χ3n) is 2.80. The van der Waals surface area contributed by atoms with Gasteiger partial charge in [-0.1, -0.05) is 41.4 Å². The number of nitrogens with zero attached hydrogens (tertiary/aromatic N) is 1. The normalized spacial score (nSPS) is 10.6. The van der Waals surface area contributed by atoms with E-state index in [9.17, 15) is 4.79 Å². The van der Waals surface area contributed by atoms with Gasteiger partial charge in [-0.15, -0.1) is 0 Å². The van der Waals surface area contributed by atoms with Crippen molar-refractivity contribution in [1.82, 2.24) is 5.43 Å². The number of hydrazone groups is 1. The number of halogens is 2. The number of ether oxygens (including phenoxy) is 2. The van der Waals surface area contributed by atoms with Gasteiger partial charge in [-0.05, 0) is 35.4 Å². The fourth-order valence-electron chi connectivity index (χ4n) is 1.69. The maximum atomic E-state index is 10.9. The van der Waals surface area contributed by atoms with Crippen LogP contribution in [0.25, 0.3) is 0 Å². The Labute approximate surface area is 143 Å². The molecule has 0 aliphatic carbocycles. The first-order chi connectivity index (χ1) is 11.1. The molecule has 0 radical (unpaired) electrons. The topological polar surface area (TPSA) is 59.9 Å². The average Bonchev–Trinajstić information content (AvgIpc) is 2.56. The van der Waals surface area contributed by atoms with Crippen LogP contribution in [0.2, 0.25) is 10.0 Å². The van der Waals surface area contributed by atoms with Crippen LogP contribution in [-0.2, 0) is 11.3 Å². The van der Waals surface area contributed by atoms with Gasteiger partial charge in [-0.3, -0.25) is 0 Å². The number of hydrogen-bond donors (Lipinski definition) is 1. The van der Waals surface area contributed by atoms with Gasteiger partial charge in [0.15, 0.2) is 0 Å². The van der Waals surface area contributed by atoms with E-state index in [-0.39, 0.29) is 0 Å². The first-order valence-corrected chi connectivity index (χ1v) is 7.38. The van der Waals surface area contributed by atoms with Crippen molar-refractivity contribution in [1.29, 1.82) is 0 Å². The molecule has 0 aromatic heterocycles. The molecule has 2 aromatic carbocycles. The fourth-order valence-corrected chi connectivity index (χ4v) is 2.01. The molecule has 0 unspecified atom stereocenters. The highest BCUT2D eigenvalue weighted by Gasteiger charge is 2.01. The number of benzene rings is 2. The van der Waals surface area contributed by atoms with Crippen molar-refractivity contribution >= 4 is 35.5 Å². The minimum absolute atomic E-state index is 0.359. The van der Waals surface area contributed by atoms with E-state index in [4.69, 9.17) is 27.9 Å². The quantitative estimate of drug-likeness (QED) is 0.645. The van der Waals surface area contributed by atoms with Crippen LogP contribution in [0.4, 0.5) is 4.79 Å². The van der Waals surface area contributed by atoms with Gasteiger partial charge < -0.3 is 9.47 Å². The van der Waals surface area contributed by atoms with Crippen molar-refractivity contribution in [3.05, 3.63) is 63.6 Å². The molecule has 0 atom stereocenters. The second kappa shape index (κ2) is 8.41. The minimum atomic E-state index is -0.631. The predicted octanol–water partition coefficient (Wildman–Crippen LogP) is 4.26. The highest BCUT2D eigenvalue weighted by Crippen LogP contribution is 2.23. The Morgan fingerprint density at radius 2 is 2.04 bits per heavy atom. The van der Waals surface area contributed by atoms with E-state index in [1.54, 1.807) is 18.2 Å². The van der Waals surface area contributed by atoms with E-state index >= 15 is 0 Å². The van der Waals surface area contributed by atoms with Crippen molar-refractivity contribution in [2.75, 3.05) is 7.11 Å². The second-order valence-electron chi connectivity index (χ2n) is 4.47. The summed E-state index contributed by atoms with van der Waals surface area (Å²) >= 11 is 11.8. The summed E-state index contributed by atoms with van der Waals surface area (Å²) < 4.78 is 10.1. The Bertz CT molecular complexity index is 720. The molecule has 0 aliphatic rings. The van der Waals surface area contributed by atoms with Crippen LogP contribution in [-0.4, -0.2) is 19.4 Å². The first kappa shape index (κ1) is 17.1. The highest BCUT2D eigenvalue weighted by atomic mass is 35.5. The molecular formula is C16H14Cl2N2O3. The van der Waals surface area contributed by atoms with Crippen molar-refractivity contribution in [3.63, 3.8) is 0 Å². The Hall–Kier alpha value is -2.24. The summed E-state index contributed by atoms with van der Waals surface area (Å²) in [5.74, 6) is 0.665. The molecular weight excluding hydrogens is 339 g/mol. The smallest absolute Gasteiger partial charge is 0.427 e. The SMILES string of the molecule is COC(=O)N/N=C/c1cccc(OCc2ccc(Cl)c(Cl)c2)c1. The summed E-state index contributed by atoms with van der Waals surface area (Å²) in [7, 11) is 1.27. The number of amides is 1. The molecule has 0 saturated carbocycles. The third kappa shape index (κ3) is 5.47. The Balaban J connectivity index is 1.96. The van der Waals surface area contributed by atoms with Crippen LogP contribution in [0.5, 0.6) is 5.75 Å². The zero-order valence-corrected chi connectivity index (χ0v) is 13.8. The summed E-state index contributed by atoms with van der Waals surface area (Å²) in [5.41, 5.74) is 3.89. The number of rotatable bonds is 5. The monoisotopic (exact) mass is 352 g/mol. The van der Waals surface area contributed by atoms with Gasteiger partial charge in [0.2, 0.25) is 0 Å². The lowest BCUT2D eigenvalue weighted by molar-refractivity contribution is 0.171. The minimum Gasteiger partial charge on any atom is -0.489 e. The lowest BCUT2D eigenvalue weighted by atomic mass is 10.2. The molecule has 0 aliphatic heterocycles. The number of carbonyl (C=O) groups excluding carboxylic acids is 1. The molecule has 7 heteroatoms. The van der Waals surface area contributed by atoms with E-state index < -0.39 is 6.09 Å². The third-order valence-corrected chi connectivity index (χ3v) is 3.54. The molecule has 0 heterocycles. The molecule has 0 fully saturated rings. The van der Waals surface area contributed by atoms with Crippen molar-refractivity contribution in [2.24, 2.45) is 5.10 Å². The summed E-state index contributed by atoms with van der Waals surface area (Å²) in [4.78, 5) is 10.9. The predicted molar refractivity (Wildman–Crippen MR) is 90.4 cm³/mol. The van der Waals surface area contributed by atoms with E-state index in [0.717, 1.165) is 11.1 Å². The van der Waals surface area contributed by atoms with Gasteiger partial charge in [-0.2, -0.15) is 5.10 Å². The van der Waals surface area contributed by atoms with Gasteiger partial charge in [0.05, 0.1) is 23.4 Å². The van der Waals surface area contributed by atoms with E-state index in [2.05, 4.69) is 15.3 Å². The summed E-state index contributed by atoms with van der Waals surface area (Å²) in [5, 5.41) is 4.75. The van der Waals surface area contributed by atoms with Crippen molar-refractivity contribution in [3.8, 4) is 5.75 Å². The van der Waals surface area contributed by atoms with Crippen LogP contribution >= 0.6 is 23.2 Å². The van der Waals surface area contributed by atoms with Crippen LogP contribution in [0.15, 0.2) is 47.6 Å². The molecule has 1 N–H and O–H groups in total. The second-order valence-corrected chi connectivity index (χ2v) is 5.29. The van der Waals surface area contributed by atoms with Crippen LogP contribution < -0.4 is 10.2 Å². The molecule has 5 nitrogen and oxygen atoms in total. The van der Waals surface area contributed by atoms with Crippen LogP contribution in [0, 0.1) is 0 Å². The van der Waals surface area contributed by atoms with Crippen molar-refractivity contribution < 1.29 is 14.3 Å². The van der Waals surface area contributed by atoms with Gasteiger partial charge in [0, 0.05) is 0 Å². The zero-order valence-electron chi connectivity index (χ0n) is 12.3. The summed E-state index contributed by atoms with van der Waals surface area (Å²) in [6, 6.07) is 12.6. The number of methoxy groups -OCH3 is 1. The molecule has 2 rings (SSSR count). The van der Waals surface area contributed by atoms with Gasteiger partial charge in [0.25, 0.3) is 0 Å². The zero-order chi connectivity index (χ0) is 16.7. The Morgan fingerprint density at radius 1 is 1.22 bits per heavy atom. The van der Waals surface area contributed by atoms with E-state index in [1.807, 2.05) is 24.3 Å². The van der Waals surface area contributed by atoms with Gasteiger partial charge >= 0.3 is 6.09 Å². The van der Waals surface area contributed by atoms with Gasteiger partial charge in [-0.25, -0.2) is 10.2 Å². The Kier molecular flexibility index (Phi) is 6.26. The standard InChI is InChI=1S/C16H14Cl2N2O3/c1-22-16(21)20-19-9-11-3-2-4-13(7-11)23-10-12-5-6-14(17)15(18)8-12/h2-9H,10H2,1H3,(H,20,21)/b19-9+. The molecule has 1 amide bonds. The molecule has 2 aromatic rings. The van der Waals surface area contributed by atoms with E-state index in [0.29, 0.717) is 22.4 Å². The maximum Gasteiger partial charge on any atom is 0.427 e. The van der Waals surface area contributed by atoms with Crippen LogP contribution in [0.1, 0.15) is 11.1 Å². The largest absolute Gasteiger partial charge is 0.489 e. The van der Waals surface area contributed by atoms with Crippen LogP contribution in [0.3, 0.4) is 0 Å². The molecule has 23 heavy (non-hydrogen) atoms. The summed E-state index contributed by atoms with van der Waals surface area (Å²) in [6.07, 6.45) is 0.858. The summed E-state index contributed by atoms with van der Waals surface area (Å²) in [6.45, 7) is 0.359.